The van der Waals surface area contributed by atoms with Gasteiger partial charge in [-0.1, -0.05) is 6.42 Å². The van der Waals surface area contributed by atoms with Gasteiger partial charge >= 0.3 is 0 Å². The second kappa shape index (κ2) is 10.8. The van der Waals surface area contributed by atoms with E-state index in [0.29, 0.717) is 19.5 Å². The highest BCUT2D eigenvalue weighted by Gasteiger charge is 2.14. The molecule has 0 atom stereocenters. The highest BCUT2D eigenvalue weighted by Crippen LogP contribution is 2.14. The smallest absolute Gasteiger partial charge is 0.221 e. The van der Waals surface area contributed by atoms with Gasteiger partial charge in [-0.3, -0.25) is 4.79 Å². The van der Waals surface area contributed by atoms with Crippen molar-refractivity contribution in [3.8, 4) is 0 Å². The summed E-state index contributed by atoms with van der Waals surface area (Å²) in [6, 6.07) is 0. The van der Waals surface area contributed by atoms with E-state index in [-0.39, 0.29) is 30.7 Å². The number of carbonyl (C=O) groups excluding carboxylic acids is 1. The molecule has 1 aliphatic rings. The number of amides is 1. The first-order valence-corrected chi connectivity index (χ1v) is 7.13. The van der Waals surface area contributed by atoms with Gasteiger partial charge in [0.05, 0.1) is 0 Å². The van der Waals surface area contributed by atoms with E-state index in [1.54, 1.807) is 0 Å². The minimum Gasteiger partial charge on any atom is -0.356 e. The van der Waals surface area contributed by atoms with Gasteiger partial charge in [0.2, 0.25) is 5.91 Å². The van der Waals surface area contributed by atoms with E-state index < -0.39 is 0 Å². The van der Waals surface area contributed by atoms with Crippen LogP contribution in [0.1, 0.15) is 37.3 Å². The van der Waals surface area contributed by atoms with Crippen LogP contribution >= 0.6 is 24.8 Å². The molecule has 2 rings (SSSR count). The predicted octanol–water partition coefficient (Wildman–Crippen LogP) is 1.12. The van der Waals surface area contributed by atoms with Crippen molar-refractivity contribution in [3.05, 3.63) is 11.6 Å². The Labute approximate surface area is 138 Å². The molecule has 0 radical (unpaired) electrons. The number of nitrogens with zero attached hydrogens (tertiary/aromatic N) is 3. The van der Waals surface area contributed by atoms with Crippen molar-refractivity contribution in [3.63, 3.8) is 0 Å². The van der Waals surface area contributed by atoms with Crippen LogP contribution in [0.5, 0.6) is 0 Å². The molecule has 0 saturated heterocycles. The third kappa shape index (κ3) is 6.20. The van der Waals surface area contributed by atoms with Gasteiger partial charge in [-0.25, -0.2) is 0 Å². The SMILES string of the molecule is CNCCC(=O)NCCc1nnc2n1CCCCC2.Cl.Cl. The maximum Gasteiger partial charge on any atom is 0.221 e. The molecule has 0 aliphatic carbocycles. The Morgan fingerprint density at radius 1 is 1.19 bits per heavy atom. The summed E-state index contributed by atoms with van der Waals surface area (Å²) in [5, 5.41) is 14.4. The molecule has 0 saturated carbocycles. The van der Waals surface area contributed by atoms with Crippen LogP contribution in [0.4, 0.5) is 0 Å². The van der Waals surface area contributed by atoms with Gasteiger partial charge in [0, 0.05) is 38.9 Å². The van der Waals surface area contributed by atoms with Crippen molar-refractivity contribution in [1.29, 1.82) is 0 Å². The molecule has 0 spiro atoms. The fourth-order valence-electron chi connectivity index (χ4n) is 2.37. The molecule has 6 nitrogen and oxygen atoms in total. The van der Waals surface area contributed by atoms with Gasteiger partial charge in [-0.15, -0.1) is 35.0 Å². The Morgan fingerprint density at radius 3 is 2.76 bits per heavy atom. The van der Waals surface area contributed by atoms with Crippen molar-refractivity contribution < 1.29 is 4.79 Å². The first-order chi connectivity index (χ1) is 9.31. The first-order valence-electron chi connectivity index (χ1n) is 7.13. The van der Waals surface area contributed by atoms with Crippen LogP contribution in [0.15, 0.2) is 0 Å². The summed E-state index contributed by atoms with van der Waals surface area (Å²) >= 11 is 0. The summed E-state index contributed by atoms with van der Waals surface area (Å²) in [7, 11) is 1.85. The Morgan fingerprint density at radius 2 is 2.00 bits per heavy atom. The van der Waals surface area contributed by atoms with Gasteiger partial charge in [0.1, 0.15) is 11.6 Å². The molecule has 1 aromatic rings. The minimum atomic E-state index is 0. The maximum absolute atomic E-state index is 11.5. The highest BCUT2D eigenvalue weighted by molar-refractivity contribution is 5.85. The van der Waals surface area contributed by atoms with E-state index in [0.717, 1.165) is 31.0 Å². The van der Waals surface area contributed by atoms with Crippen LogP contribution in [0.25, 0.3) is 0 Å². The molecule has 1 aliphatic heterocycles. The number of hydrogen-bond acceptors (Lipinski definition) is 4. The Balaban J connectivity index is 0.00000200. The molecule has 2 N–H and O–H groups in total. The van der Waals surface area contributed by atoms with Crippen LogP contribution in [0, 0.1) is 0 Å². The van der Waals surface area contributed by atoms with Crippen LogP contribution in [-0.4, -0.2) is 40.8 Å². The molecule has 0 aromatic carbocycles. The van der Waals surface area contributed by atoms with Crippen molar-refractivity contribution in [2.45, 2.75) is 45.1 Å². The van der Waals surface area contributed by atoms with E-state index >= 15 is 0 Å². The molecule has 1 aromatic heterocycles. The first kappa shape index (κ1) is 20.1. The van der Waals surface area contributed by atoms with Gasteiger partial charge in [-0.05, 0) is 19.9 Å². The zero-order chi connectivity index (χ0) is 13.5. The summed E-state index contributed by atoms with van der Waals surface area (Å²) in [6.07, 6.45) is 5.99. The summed E-state index contributed by atoms with van der Waals surface area (Å²) in [5.74, 6) is 2.20. The maximum atomic E-state index is 11.5. The molecule has 0 unspecified atom stereocenters. The molecule has 8 heteroatoms. The zero-order valence-corrected chi connectivity index (χ0v) is 14.1. The van der Waals surface area contributed by atoms with E-state index in [1.807, 2.05) is 7.05 Å². The van der Waals surface area contributed by atoms with Crippen molar-refractivity contribution in [1.82, 2.24) is 25.4 Å². The Hall–Kier alpha value is -0.850. The number of aromatic nitrogens is 3. The van der Waals surface area contributed by atoms with Crippen LogP contribution in [0.3, 0.4) is 0 Å². The van der Waals surface area contributed by atoms with Crippen LogP contribution < -0.4 is 10.6 Å². The molecular weight excluding hydrogens is 313 g/mol. The summed E-state index contributed by atoms with van der Waals surface area (Å²) < 4.78 is 2.23. The van der Waals surface area contributed by atoms with Gasteiger partial charge in [0.15, 0.2) is 0 Å². The third-order valence-electron chi connectivity index (χ3n) is 3.46. The molecular formula is C13H25Cl2N5O. The van der Waals surface area contributed by atoms with Crippen molar-refractivity contribution in [2.24, 2.45) is 0 Å². The Kier molecular flexibility index (Phi) is 10.4. The molecule has 2 heterocycles. The third-order valence-corrected chi connectivity index (χ3v) is 3.46. The minimum absolute atomic E-state index is 0. The lowest BCUT2D eigenvalue weighted by molar-refractivity contribution is -0.120. The molecule has 21 heavy (non-hydrogen) atoms. The monoisotopic (exact) mass is 337 g/mol. The van der Waals surface area contributed by atoms with E-state index in [2.05, 4.69) is 25.4 Å². The van der Waals surface area contributed by atoms with Crippen molar-refractivity contribution in [2.75, 3.05) is 20.1 Å². The zero-order valence-electron chi connectivity index (χ0n) is 12.4. The number of hydrogen-bond donors (Lipinski definition) is 2. The normalized spacial score (nSPS) is 13.4. The number of rotatable bonds is 6. The van der Waals surface area contributed by atoms with Crippen LogP contribution in [0.2, 0.25) is 0 Å². The predicted molar refractivity (Wildman–Crippen MR) is 87.3 cm³/mol. The molecule has 1 amide bonds. The average molecular weight is 338 g/mol. The second-order valence-electron chi connectivity index (χ2n) is 4.95. The van der Waals surface area contributed by atoms with E-state index in [9.17, 15) is 4.79 Å². The van der Waals surface area contributed by atoms with Gasteiger partial charge in [0.25, 0.3) is 0 Å². The van der Waals surface area contributed by atoms with Crippen molar-refractivity contribution >= 4 is 30.7 Å². The lowest BCUT2D eigenvalue weighted by atomic mass is 10.2. The quantitative estimate of drug-likeness (QED) is 0.815. The lowest BCUT2D eigenvalue weighted by Gasteiger charge is -2.07. The summed E-state index contributed by atoms with van der Waals surface area (Å²) in [5.41, 5.74) is 0. The number of nitrogens with one attached hydrogen (secondary N) is 2. The Bertz CT molecular complexity index is 425. The summed E-state index contributed by atoms with van der Waals surface area (Å²) in [4.78, 5) is 11.5. The standard InChI is InChI=1S/C13H23N5O.2ClH/c1-14-8-7-13(19)15-9-6-12-17-16-11-5-3-2-4-10-18(11)12;;/h14H,2-10H2,1H3,(H,15,19);2*1H. The van der Waals surface area contributed by atoms with E-state index in [4.69, 9.17) is 0 Å². The summed E-state index contributed by atoms with van der Waals surface area (Å²) in [6.45, 7) is 2.37. The van der Waals surface area contributed by atoms with Gasteiger partial charge < -0.3 is 15.2 Å². The largest absolute Gasteiger partial charge is 0.356 e. The number of halogens is 2. The average Bonchev–Trinajstić information content (AvgIpc) is 2.65. The van der Waals surface area contributed by atoms with Gasteiger partial charge in [-0.2, -0.15) is 0 Å². The van der Waals surface area contributed by atoms with Crippen LogP contribution in [-0.2, 0) is 24.2 Å². The lowest BCUT2D eigenvalue weighted by Crippen LogP contribution is -2.28. The fourth-order valence-corrected chi connectivity index (χ4v) is 2.37. The molecule has 0 bridgehead atoms. The second-order valence-corrected chi connectivity index (χ2v) is 4.95. The molecule has 0 fully saturated rings. The highest BCUT2D eigenvalue weighted by atomic mass is 35.5. The number of carbonyl (C=O) groups is 1. The number of aryl methyl sites for hydroxylation is 1. The van der Waals surface area contributed by atoms with E-state index in [1.165, 1.54) is 19.3 Å². The topological polar surface area (TPSA) is 71.8 Å². The number of fused-ring (bicyclic) bond motifs is 1. The fraction of sp³-hybridized carbons (Fsp3) is 0.769. The molecule has 122 valence electrons.